The molecule has 19 heavy (non-hydrogen) atoms. The first-order chi connectivity index (χ1) is 9.22. The van der Waals surface area contributed by atoms with Crippen molar-refractivity contribution in [1.82, 2.24) is 20.2 Å². The summed E-state index contributed by atoms with van der Waals surface area (Å²) in [5, 5.41) is 3.65. The lowest BCUT2D eigenvalue weighted by atomic mass is 10.0. The minimum atomic E-state index is 0.573. The molecule has 2 heterocycles. The first kappa shape index (κ1) is 13.1. The third-order valence-electron chi connectivity index (χ3n) is 4.33. The Balaban J connectivity index is 1.54. The van der Waals surface area contributed by atoms with Gasteiger partial charge < -0.3 is 10.3 Å². The number of nitrogens with zero attached hydrogens (tertiary/aromatic N) is 2. The summed E-state index contributed by atoms with van der Waals surface area (Å²) >= 11 is 0. The van der Waals surface area contributed by atoms with E-state index in [9.17, 15) is 0 Å². The Kier molecular flexibility index (Phi) is 3.89. The van der Waals surface area contributed by atoms with Crippen molar-refractivity contribution in [2.24, 2.45) is 5.92 Å². The molecule has 0 amide bonds. The van der Waals surface area contributed by atoms with E-state index in [-0.39, 0.29) is 0 Å². The number of hydrogen-bond donors (Lipinski definition) is 2. The lowest BCUT2D eigenvalue weighted by molar-refractivity contribution is 0.215. The molecule has 4 heteroatoms. The molecule has 1 unspecified atom stereocenters. The van der Waals surface area contributed by atoms with Crippen molar-refractivity contribution in [2.45, 2.75) is 58.2 Å². The fourth-order valence-corrected chi connectivity index (χ4v) is 2.93. The van der Waals surface area contributed by atoms with Gasteiger partial charge in [0.2, 0.25) is 0 Å². The molecule has 0 saturated heterocycles. The average Bonchev–Trinajstić information content (AvgIpc) is 3.12. The molecule has 1 fully saturated rings. The average molecular weight is 262 g/mol. The third-order valence-corrected chi connectivity index (χ3v) is 4.33. The largest absolute Gasteiger partial charge is 0.347 e. The van der Waals surface area contributed by atoms with Crippen molar-refractivity contribution < 1.29 is 0 Å². The molecule has 0 bridgehead atoms. The minimum Gasteiger partial charge on any atom is -0.347 e. The Bertz CT molecular complexity index is 408. The molecule has 0 radical (unpaired) electrons. The number of hydrogen-bond acceptors (Lipinski definition) is 3. The number of aromatic amines is 1. The Hall–Kier alpha value is -0.870. The molecule has 106 valence electrons. The maximum atomic E-state index is 4.43. The Labute approximate surface area is 116 Å². The van der Waals surface area contributed by atoms with E-state index >= 15 is 0 Å². The quantitative estimate of drug-likeness (QED) is 0.823. The second-order valence-corrected chi connectivity index (χ2v) is 6.52. The van der Waals surface area contributed by atoms with Gasteiger partial charge >= 0.3 is 0 Å². The monoisotopic (exact) mass is 262 g/mol. The summed E-state index contributed by atoms with van der Waals surface area (Å²) in [6.07, 6.45) is 7.02. The van der Waals surface area contributed by atoms with Crippen LogP contribution in [0.5, 0.6) is 0 Å². The molecule has 1 saturated carbocycles. The number of imidazole rings is 1. The highest BCUT2D eigenvalue weighted by Crippen LogP contribution is 2.28. The maximum absolute atomic E-state index is 4.43. The summed E-state index contributed by atoms with van der Waals surface area (Å²) in [5.74, 6) is 0.804. The molecule has 1 atom stereocenters. The van der Waals surface area contributed by atoms with Crippen LogP contribution in [-0.2, 0) is 13.0 Å². The number of rotatable bonds is 6. The summed E-state index contributed by atoms with van der Waals surface area (Å²) in [6, 6.07) is 1.43. The van der Waals surface area contributed by atoms with Gasteiger partial charge in [0.15, 0.2) is 0 Å². The van der Waals surface area contributed by atoms with E-state index in [1.54, 1.807) is 0 Å². The van der Waals surface area contributed by atoms with Crippen LogP contribution in [0.2, 0.25) is 0 Å². The van der Waals surface area contributed by atoms with Crippen LogP contribution < -0.4 is 5.32 Å². The summed E-state index contributed by atoms with van der Waals surface area (Å²) in [4.78, 5) is 10.4. The zero-order valence-electron chi connectivity index (χ0n) is 12.2. The van der Waals surface area contributed by atoms with Crippen LogP contribution in [0.15, 0.2) is 6.33 Å². The van der Waals surface area contributed by atoms with E-state index in [1.165, 1.54) is 43.7 Å². The van der Waals surface area contributed by atoms with Gasteiger partial charge in [-0.1, -0.05) is 13.8 Å². The van der Waals surface area contributed by atoms with Crippen molar-refractivity contribution in [3.8, 4) is 0 Å². The van der Waals surface area contributed by atoms with Crippen LogP contribution in [-0.4, -0.2) is 40.0 Å². The predicted octanol–water partition coefficient (Wildman–Crippen LogP) is 1.93. The van der Waals surface area contributed by atoms with Gasteiger partial charge in [0, 0.05) is 31.6 Å². The van der Waals surface area contributed by atoms with Gasteiger partial charge in [-0.25, -0.2) is 4.98 Å². The molecule has 1 aliphatic carbocycles. The number of nitrogens with one attached hydrogen (secondary N) is 2. The van der Waals surface area contributed by atoms with Crippen molar-refractivity contribution in [2.75, 3.05) is 13.1 Å². The second-order valence-electron chi connectivity index (χ2n) is 6.52. The Morgan fingerprint density at radius 2 is 2.26 bits per heavy atom. The lowest BCUT2D eigenvalue weighted by Gasteiger charge is -2.30. The number of aromatic nitrogens is 2. The van der Waals surface area contributed by atoms with E-state index in [0.717, 1.165) is 24.9 Å². The minimum absolute atomic E-state index is 0.573. The van der Waals surface area contributed by atoms with Crippen LogP contribution >= 0.6 is 0 Å². The van der Waals surface area contributed by atoms with E-state index < -0.39 is 0 Å². The predicted molar refractivity (Wildman–Crippen MR) is 77.0 cm³/mol. The first-order valence-electron chi connectivity index (χ1n) is 7.71. The second kappa shape index (κ2) is 5.63. The molecular formula is C15H26N4. The normalized spacial score (nSPS) is 23.1. The van der Waals surface area contributed by atoms with Gasteiger partial charge in [0.05, 0.1) is 17.7 Å². The van der Waals surface area contributed by atoms with Gasteiger partial charge in [-0.15, -0.1) is 0 Å². The highest BCUT2D eigenvalue weighted by molar-refractivity contribution is 5.16. The highest BCUT2D eigenvalue weighted by atomic mass is 15.2. The molecule has 0 aromatic carbocycles. The van der Waals surface area contributed by atoms with Crippen LogP contribution in [0.1, 0.15) is 44.5 Å². The van der Waals surface area contributed by atoms with E-state index in [4.69, 9.17) is 0 Å². The number of fused-ring (bicyclic) bond motifs is 1. The van der Waals surface area contributed by atoms with Crippen LogP contribution in [0.4, 0.5) is 0 Å². The van der Waals surface area contributed by atoms with Crippen LogP contribution in [0.3, 0.4) is 0 Å². The van der Waals surface area contributed by atoms with Gasteiger partial charge in [-0.3, -0.25) is 4.90 Å². The molecule has 1 aromatic rings. The van der Waals surface area contributed by atoms with E-state index in [1.807, 2.05) is 6.33 Å². The zero-order valence-corrected chi connectivity index (χ0v) is 12.2. The topological polar surface area (TPSA) is 44.0 Å². The molecule has 0 spiro atoms. The van der Waals surface area contributed by atoms with Gasteiger partial charge in [0.25, 0.3) is 0 Å². The molecule has 2 aliphatic rings. The van der Waals surface area contributed by atoms with Crippen molar-refractivity contribution >= 4 is 0 Å². The molecule has 2 N–H and O–H groups in total. The van der Waals surface area contributed by atoms with Gasteiger partial charge in [-0.05, 0) is 31.7 Å². The number of H-pyrrole nitrogens is 1. The lowest BCUT2D eigenvalue weighted by Crippen LogP contribution is -2.45. The van der Waals surface area contributed by atoms with E-state index in [0.29, 0.717) is 6.04 Å². The SMILES string of the molecule is CC(C)CCN(CC1Cc2nc[nH]c2CN1)C1CC1. The van der Waals surface area contributed by atoms with Gasteiger partial charge in [-0.2, -0.15) is 0 Å². The summed E-state index contributed by atoms with van der Waals surface area (Å²) in [7, 11) is 0. The zero-order chi connectivity index (χ0) is 13.2. The Morgan fingerprint density at radius 3 is 3.00 bits per heavy atom. The molecule has 4 nitrogen and oxygen atoms in total. The molecule has 3 rings (SSSR count). The maximum Gasteiger partial charge on any atom is 0.0925 e. The molecule has 1 aliphatic heterocycles. The molecule has 1 aromatic heterocycles. The summed E-state index contributed by atoms with van der Waals surface area (Å²) in [6.45, 7) is 8.03. The van der Waals surface area contributed by atoms with Crippen LogP contribution in [0.25, 0.3) is 0 Å². The fraction of sp³-hybridized carbons (Fsp3) is 0.800. The van der Waals surface area contributed by atoms with Gasteiger partial charge in [0.1, 0.15) is 0 Å². The fourth-order valence-electron chi connectivity index (χ4n) is 2.93. The van der Waals surface area contributed by atoms with Crippen molar-refractivity contribution in [3.63, 3.8) is 0 Å². The third kappa shape index (κ3) is 3.37. The molecular weight excluding hydrogens is 236 g/mol. The summed E-state index contributed by atoms with van der Waals surface area (Å²) in [5.41, 5.74) is 2.54. The first-order valence-corrected chi connectivity index (χ1v) is 7.71. The standard InChI is InChI=1S/C15H26N4/c1-11(2)5-6-19(13-3-4-13)9-12-7-14-15(8-16-12)18-10-17-14/h10-13,16H,3-9H2,1-2H3,(H,17,18). The Morgan fingerprint density at radius 1 is 1.42 bits per heavy atom. The smallest absolute Gasteiger partial charge is 0.0925 e. The summed E-state index contributed by atoms with van der Waals surface area (Å²) < 4.78 is 0. The van der Waals surface area contributed by atoms with E-state index in [2.05, 4.69) is 34.0 Å². The van der Waals surface area contributed by atoms with Crippen molar-refractivity contribution in [1.29, 1.82) is 0 Å². The van der Waals surface area contributed by atoms with Crippen molar-refractivity contribution in [3.05, 3.63) is 17.7 Å². The van der Waals surface area contributed by atoms with Crippen LogP contribution in [0, 0.1) is 5.92 Å². The highest BCUT2D eigenvalue weighted by Gasteiger charge is 2.31.